The molecule has 6 nitrogen and oxygen atoms in total. The molecule has 0 aliphatic carbocycles. The summed E-state index contributed by atoms with van der Waals surface area (Å²) < 4.78 is 15.8. The van der Waals surface area contributed by atoms with Gasteiger partial charge in [-0.15, -0.1) is 11.3 Å². The highest BCUT2D eigenvalue weighted by Crippen LogP contribution is 2.23. The number of carbonyl (C=O) groups is 2. The Kier molecular flexibility index (Phi) is 5.80. The lowest BCUT2D eigenvalue weighted by Gasteiger charge is -2.06. The summed E-state index contributed by atoms with van der Waals surface area (Å²) in [6, 6.07) is 10.5. The van der Waals surface area contributed by atoms with Gasteiger partial charge in [-0.3, -0.25) is 4.79 Å². The van der Waals surface area contributed by atoms with Crippen LogP contribution in [0.5, 0.6) is 5.75 Å². The Balaban J connectivity index is 1.45. The maximum atomic E-state index is 11.8. The highest BCUT2D eigenvalue weighted by Gasteiger charge is 2.11. The van der Waals surface area contributed by atoms with Crippen LogP contribution in [0.2, 0.25) is 0 Å². The average Bonchev–Trinajstić information content (AvgIpc) is 3.36. The molecule has 2 heterocycles. The molecule has 0 saturated carbocycles. The number of esters is 1. The van der Waals surface area contributed by atoms with Crippen LogP contribution >= 0.6 is 11.3 Å². The van der Waals surface area contributed by atoms with Gasteiger partial charge in [-0.1, -0.05) is 13.0 Å². The number of ether oxygens (including phenoxy) is 2. The lowest BCUT2D eigenvalue weighted by molar-refractivity contribution is -0.147. The summed E-state index contributed by atoms with van der Waals surface area (Å²) in [5.74, 6) is 0.546. The molecule has 0 aliphatic heterocycles. The zero-order valence-corrected chi connectivity index (χ0v) is 15.0. The van der Waals surface area contributed by atoms with E-state index in [0.29, 0.717) is 29.3 Å². The maximum Gasteiger partial charge on any atom is 0.344 e. The van der Waals surface area contributed by atoms with Crippen LogP contribution in [-0.4, -0.2) is 23.3 Å². The van der Waals surface area contributed by atoms with Crippen LogP contribution in [0.3, 0.4) is 0 Å². The van der Waals surface area contributed by atoms with Crippen LogP contribution in [0.1, 0.15) is 29.4 Å². The predicted octanol–water partition coefficient (Wildman–Crippen LogP) is 4.12. The molecular formula is C19H17NO5S. The third-order valence-electron chi connectivity index (χ3n) is 3.52. The first-order valence-corrected chi connectivity index (χ1v) is 8.93. The van der Waals surface area contributed by atoms with Crippen molar-refractivity contribution < 1.29 is 23.5 Å². The Bertz CT molecular complexity index is 868. The lowest BCUT2D eigenvalue weighted by Crippen LogP contribution is -2.14. The number of rotatable bonds is 8. The number of oxazole rings is 1. The standard InChI is InChI=1S/C19H17NO5S/c1-2-16(21)13-5-7-15(8-6-13)23-12-18(22)24-10-14-11-25-19(20-14)17-4-3-9-26-17/h3-9,11H,2,10,12H2,1H3. The topological polar surface area (TPSA) is 78.6 Å². The van der Waals surface area contributed by atoms with Crippen molar-refractivity contribution in [3.63, 3.8) is 0 Å². The van der Waals surface area contributed by atoms with Gasteiger partial charge in [-0.25, -0.2) is 9.78 Å². The molecule has 3 aromatic rings. The smallest absolute Gasteiger partial charge is 0.344 e. The Morgan fingerprint density at radius 3 is 2.69 bits per heavy atom. The second kappa shape index (κ2) is 8.44. The van der Waals surface area contributed by atoms with Gasteiger partial charge in [0.15, 0.2) is 12.4 Å². The summed E-state index contributed by atoms with van der Waals surface area (Å²) >= 11 is 1.52. The minimum absolute atomic E-state index is 0.0149. The first kappa shape index (κ1) is 17.9. The molecule has 134 valence electrons. The van der Waals surface area contributed by atoms with E-state index in [4.69, 9.17) is 13.9 Å². The first-order chi connectivity index (χ1) is 12.7. The number of Topliss-reactive ketones (excluding diaryl/α,β-unsaturated/α-hetero) is 1. The van der Waals surface area contributed by atoms with Gasteiger partial charge in [0.2, 0.25) is 5.89 Å². The zero-order chi connectivity index (χ0) is 18.4. The molecule has 0 unspecified atom stereocenters. The Hall–Kier alpha value is -2.93. The average molecular weight is 371 g/mol. The Morgan fingerprint density at radius 2 is 2.00 bits per heavy atom. The van der Waals surface area contributed by atoms with Gasteiger partial charge >= 0.3 is 5.97 Å². The zero-order valence-electron chi connectivity index (χ0n) is 14.1. The van der Waals surface area contributed by atoms with Crippen molar-refractivity contribution in [2.24, 2.45) is 0 Å². The minimum Gasteiger partial charge on any atom is -0.482 e. The number of thiophene rings is 1. The van der Waals surface area contributed by atoms with E-state index in [1.807, 2.05) is 17.5 Å². The fourth-order valence-electron chi connectivity index (χ4n) is 2.17. The molecular weight excluding hydrogens is 354 g/mol. The lowest BCUT2D eigenvalue weighted by atomic mass is 10.1. The SMILES string of the molecule is CCC(=O)c1ccc(OCC(=O)OCc2coc(-c3cccs3)n2)cc1. The fourth-order valence-corrected chi connectivity index (χ4v) is 2.82. The number of benzene rings is 1. The summed E-state index contributed by atoms with van der Waals surface area (Å²) in [4.78, 5) is 28.5. The van der Waals surface area contributed by atoms with Crippen LogP contribution in [0.4, 0.5) is 0 Å². The number of hydrogen-bond acceptors (Lipinski definition) is 7. The number of hydrogen-bond donors (Lipinski definition) is 0. The van der Waals surface area contributed by atoms with Crippen LogP contribution < -0.4 is 4.74 Å². The number of nitrogens with zero attached hydrogens (tertiary/aromatic N) is 1. The number of ketones is 1. The molecule has 0 saturated heterocycles. The van der Waals surface area contributed by atoms with Crippen LogP contribution in [-0.2, 0) is 16.1 Å². The molecule has 0 amide bonds. The minimum atomic E-state index is -0.514. The van der Waals surface area contributed by atoms with Crippen LogP contribution in [0.15, 0.2) is 52.5 Å². The largest absolute Gasteiger partial charge is 0.482 e. The van der Waals surface area contributed by atoms with E-state index in [-0.39, 0.29) is 19.0 Å². The van der Waals surface area contributed by atoms with Crippen molar-refractivity contribution in [2.45, 2.75) is 20.0 Å². The summed E-state index contributed by atoms with van der Waals surface area (Å²) in [5.41, 5.74) is 1.15. The van der Waals surface area contributed by atoms with E-state index in [2.05, 4.69) is 4.98 Å². The summed E-state index contributed by atoms with van der Waals surface area (Å²) in [6.07, 6.45) is 1.91. The Morgan fingerprint density at radius 1 is 1.19 bits per heavy atom. The van der Waals surface area contributed by atoms with Gasteiger partial charge in [0.25, 0.3) is 0 Å². The number of aromatic nitrogens is 1. The van der Waals surface area contributed by atoms with Crippen LogP contribution in [0.25, 0.3) is 10.8 Å². The van der Waals surface area contributed by atoms with E-state index >= 15 is 0 Å². The van der Waals surface area contributed by atoms with E-state index in [0.717, 1.165) is 4.88 Å². The molecule has 0 aliphatic rings. The molecule has 7 heteroatoms. The molecule has 1 aromatic carbocycles. The highest BCUT2D eigenvalue weighted by molar-refractivity contribution is 7.13. The van der Waals surface area contributed by atoms with Gasteiger partial charge in [0, 0.05) is 12.0 Å². The molecule has 2 aromatic heterocycles. The highest BCUT2D eigenvalue weighted by atomic mass is 32.1. The van der Waals surface area contributed by atoms with Crippen molar-refractivity contribution in [3.8, 4) is 16.5 Å². The summed E-state index contributed by atoms with van der Waals surface area (Å²) in [7, 11) is 0. The first-order valence-electron chi connectivity index (χ1n) is 8.05. The van der Waals surface area contributed by atoms with Crippen molar-refractivity contribution in [1.82, 2.24) is 4.98 Å². The molecule has 0 bridgehead atoms. The molecule has 0 atom stereocenters. The molecule has 0 N–H and O–H groups in total. The van der Waals surface area contributed by atoms with Crippen molar-refractivity contribution in [1.29, 1.82) is 0 Å². The predicted molar refractivity (Wildman–Crippen MR) is 96.2 cm³/mol. The summed E-state index contributed by atoms with van der Waals surface area (Å²) in [5, 5.41) is 1.93. The van der Waals surface area contributed by atoms with E-state index in [1.54, 1.807) is 31.2 Å². The Labute approximate surface area is 154 Å². The van der Waals surface area contributed by atoms with Crippen LogP contribution in [0, 0.1) is 0 Å². The van der Waals surface area contributed by atoms with E-state index in [9.17, 15) is 9.59 Å². The van der Waals surface area contributed by atoms with Gasteiger partial charge in [-0.05, 0) is 35.7 Å². The monoisotopic (exact) mass is 371 g/mol. The third-order valence-corrected chi connectivity index (χ3v) is 4.38. The van der Waals surface area contributed by atoms with Gasteiger partial charge in [0.1, 0.15) is 24.3 Å². The maximum absolute atomic E-state index is 11.8. The van der Waals surface area contributed by atoms with Gasteiger partial charge in [-0.2, -0.15) is 0 Å². The van der Waals surface area contributed by atoms with Gasteiger partial charge in [0.05, 0.1) is 4.88 Å². The van der Waals surface area contributed by atoms with Crippen molar-refractivity contribution >= 4 is 23.1 Å². The third kappa shape index (κ3) is 4.58. The fraction of sp³-hybridized carbons (Fsp3) is 0.211. The van der Waals surface area contributed by atoms with Gasteiger partial charge < -0.3 is 13.9 Å². The normalized spacial score (nSPS) is 10.5. The molecule has 26 heavy (non-hydrogen) atoms. The summed E-state index contributed by atoms with van der Waals surface area (Å²) in [6.45, 7) is 1.60. The van der Waals surface area contributed by atoms with Crippen molar-refractivity contribution in [2.75, 3.05) is 6.61 Å². The second-order valence-corrected chi connectivity index (χ2v) is 6.32. The quantitative estimate of drug-likeness (QED) is 0.438. The molecule has 3 rings (SSSR count). The van der Waals surface area contributed by atoms with E-state index < -0.39 is 5.97 Å². The molecule has 0 radical (unpaired) electrons. The van der Waals surface area contributed by atoms with E-state index in [1.165, 1.54) is 17.6 Å². The molecule has 0 spiro atoms. The molecule has 0 fully saturated rings. The second-order valence-electron chi connectivity index (χ2n) is 5.37. The number of carbonyl (C=O) groups excluding carboxylic acids is 2. The van der Waals surface area contributed by atoms with Crippen molar-refractivity contribution in [3.05, 3.63) is 59.3 Å².